The van der Waals surface area contributed by atoms with E-state index in [1.165, 1.54) is 7.11 Å². The highest BCUT2D eigenvalue weighted by molar-refractivity contribution is 9.10. The minimum absolute atomic E-state index is 0.0149. The second-order valence-electron chi connectivity index (χ2n) is 7.06. The quantitative estimate of drug-likeness (QED) is 0.766. The van der Waals surface area contributed by atoms with E-state index >= 15 is 0 Å². The molecule has 2 aliphatic rings. The van der Waals surface area contributed by atoms with Crippen molar-refractivity contribution in [3.8, 4) is 0 Å². The van der Waals surface area contributed by atoms with Crippen LogP contribution in [0.3, 0.4) is 0 Å². The molecule has 1 fully saturated rings. The lowest BCUT2D eigenvalue weighted by molar-refractivity contribution is -0.146. The van der Waals surface area contributed by atoms with Gasteiger partial charge in [0.2, 0.25) is 5.91 Å². The number of piperazine rings is 1. The average Bonchev–Trinajstić information content (AvgIpc) is 2.88. The molecule has 0 aliphatic carbocycles. The summed E-state index contributed by atoms with van der Waals surface area (Å²) in [5.41, 5.74) is 0.789. The van der Waals surface area contributed by atoms with Gasteiger partial charge in [0.05, 0.1) is 13.7 Å². The first-order valence-corrected chi connectivity index (χ1v) is 9.29. The van der Waals surface area contributed by atoms with E-state index in [9.17, 15) is 9.59 Å². The van der Waals surface area contributed by atoms with Crippen molar-refractivity contribution in [1.82, 2.24) is 10.2 Å². The summed E-state index contributed by atoms with van der Waals surface area (Å²) >= 11 is 3.47. The number of anilines is 1. The van der Waals surface area contributed by atoms with Gasteiger partial charge in [0.25, 0.3) is 0 Å². The first-order valence-electron chi connectivity index (χ1n) is 8.49. The molecule has 2 aliphatic heterocycles. The highest BCUT2D eigenvalue weighted by Gasteiger charge is 2.47. The van der Waals surface area contributed by atoms with E-state index in [1.54, 1.807) is 4.90 Å². The van der Waals surface area contributed by atoms with E-state index in [-0.39, 0.29) is 11.9 Å². The molecule has 1 amide bonds. The second kappa shape index (κ2) is 7.05. The molecule has 0 aromatic heterocycles. The summed E-state index contributed by atoms with van der Waals surface area (Å²) in [5.74, 6) is -0.303. The molecule has 2 atom stereocenters. The van der Waals surface area contributed by atoms with Gasteiger partial charge in [0, 0.05) is 42.4 Å². The smallest absolute Gasteiger partial charge is 0.317 e. The van der Waals surface area contributed by atoms with Crippen LogP contribution in [0.4, 0.5) is 5.69 Å². The van der Waals surface area contributed by atoms with Crippen LogP contribution in [0.5, 0.6) is 0 Å². The number of esters is 1. The molecule has 6 nitrogen and oxygen atoms in total. The number of hydrogen-bond donors (Lipinski definition) is 1. The van der Waals surface area contributed by atoms with Crippen molar-refractivity contribution >= 4 is 33.5 Å². The molecule has 1 N–H and O–H groups in total. The number of hydrogen-bond acceptors (Lipinski definition) is 5. The van der Waals surface area contributed by atoms with Crippen molar-refractivity contribution in [2.45, 2.75) is 25.3 Å². The summed E-state index contributed by atoms with van der Waals surface area (Å²) in [7, 11) is 1.39. The first-order chi connectivity index (χ1) is 11.8. The van der Waals surface area contributed by atoms with Gasteiger partial charge in [-0.15, -0.1) is 0 Å². The molecule has 0 radical (unpaired) electrons. The number of methoxy groups -OCH3 is 1. The number of benzene rings is 1. The van der Waals surface area contributed by atoms with Gasteiger partial charge in [-0.05, 0) is 31.5 Å². The van der Waals surface area contributed by atoms with Crippen molar-refractivity contribution in [2.24, 2.45) is 0 Å². The van der Waals surface area contributed by atoms with Crippen LogP contribution in [0.2, 0.25) is 0 Å². The number of halogens is 1. The molecular formula is C18H24BrN3O3. The summed E-state index contributed by atoms with van der Waals surface area (Å²) < 4.78 is 5.89. The molecule has 7 heteroatoms. The van der Waals surface area contributed by atoms with Crippen molar-refractivity contribution in [1.29, 1.82) is 0 Å². The standard InChI is InChI=1S/C18H24BrN3O3/c1-12-9-21(7-6-20-12)10-16(23)22-11-18(2,17(24)25-3)14-5-4-13(19)8-15(14)22/h4-5,8,12,20H,6-7,9-11H2,1-3H3. The number of carbonyl (C=O) groups is 2. The normalized spacial score (nSPS) is 26.4. The SMILES string of the molecule is COC(=O)C1(C)CN(C(=O)CN2CCNC(C)C2)c2cc(Br)ccc21. The lowest BCUT2D eigenvalue weighted by Gasteiger charge is -2.32. The largest absolute Gasteiger partial charge is 0.468 e. The van der Waals surface area contributed by atoms with Crippen LogP contribution >= 0.6 is 15.9 Å². The summed E-state index contributed by atoms with van der Waals surface area (Å²) in [5, 5.41) is 3.38. The monoisotopic (exact) mass is 409 g/mol. The molecule has 0 saturated carbocycles. The van der Waals surface area contributed by atoms with Crippen LogP contribution in [-0.4, -0.2) is 62.7 Å². The van der Waals surface area contributed by atoms with Gasteiger partial charge < -0.3 is 15.0 Å². The Labute approximate surface area is 156 Å². The zero-order valence-electron chi connectivity index (χ0n) is 14.8. The predicted octanol–water partition coefficient (Wildman–Crippen LogP) is 1.52. The zero-order valence-corrected chi connectivity index (χ0v) is 16.4. The number of amides is 1. The van der Waals surface area contributed by atoms with Crippen molar-refractivity contribution in [3.05, 3.63) is 28.2 Å². The lowest BCUT2D eigenvalue weighted by Crippen LogP contribution is -2.52. The fourth-order valence-corrected chi connectivity index (χ4v) is 4.09. The number of carbonyl (C=O) groups excluding carboxylic acids is 2. The van der Waals surface area contributed by atoms with Gasteiger partial charge in [-0.2, -0.15) is 0 Å². The zero-order chi connectivity index (χ0) is 18.2. The summed E-state index contributed by atoms with van der Waals surface area (Å²) in [6.45, 7) is 7.21. The Morgan fingerprint density at radius 3 is 2.88 bits per heavy atom. The highest BCUT2D eigenvalue weighted by Crippen LogP contribution is 2.42. The van der Waals surface area contributed by atoms with Crippen LogP contribution < -0.4 is 10.2 Å². The molecule has 25 heavy (non-hydrogen) atoms. The molecule has 0 spiro atoms. The summed E-state index contributed by atoms with van der Waals surface area (Å²) in [6.07, 6.45) is 0. The Hall–Kier alpha value is -1.44. The topological polar surface area (TPSA) is 61.9 Å². The molecule has 2 unspecified atom stereocenters. The van der Waals surface area contributed by atoms with Gasteiger partial charge in [-0.1, -0.05) is 22.0 Å². The maximum absolute atomic E-state index is 13.0. The van der Waals surface area contributed by atoms with Crippen molar-refractivity contribution in [2.75, 3.05) is 44.7 Å². The minimum Gasteiger partial charge on any atom is -0.468 e. The molecule has 136 valence electrons. The maximum Gasteiger partial charge on any atom is 0.317 e. The molecule has 1 saturated heterocycles. The lowest BCUT2D eigenvalue weighted by atomic mass is 9.85. The Balaban J connectivity index is 1.86. The molecule has 2 heterocycles. The van der Waals surface area contributed by atoms with E-state index in [2.05, 4.69) is 33.1 Å². The number of nitrogens with zero attached hydrogens (tertiary/aromatic N) is 2. The van der Waals surface area contributed by atoms with Crippen LogP contribution in [0.15, 0.2) is 22.7 Å². The van der Waals surface area contributed by atoms with Gasteiger partial charge in [-0.25, -0.2) is 0 Å². The number of ether oxygens (including phenoxy) is 1. The van der Waals surface area contributed by atoms with Gasteiger partial charge >= 0.3 is 5.97 Å². The highest BCUT2D eigenvalue weighted by atomic mass is 79.9. The molecule has 1 aromatic carbocycles. The van der Waals surface area contributed by atoms with E-state index in [0.29, 0.717) is 19.1 Å². The van der Waals surface area contributed by atoms with E-state index in [0.717, 1.165) is 35.4 Å². The summed E-state index contributed by atoms with van der Waals surface area (Å²) in [4.78, 5) is 29.3. The van der Waals surface area contributed by atoms with E-state index in [1.807, 2.05) is 25.1 Å². The van der Waals surface area contributed by atoms with E-state index in [4.69, 9.17) is 4.74 Å². The van der Waals surface area contributed by atoms with Gasteiger partial charge in [0.15, 0.2) is 0 Å². The molecule has 3 rings (SSSR count). The Morgan fingerprint density at radius 2 is 2.20 bits per heavy atom. The van der Waals surface area contributed by atoms with Crippen LogP contribution in [0, 0.1) is 0 Å². The summed E-state index contributed by atoms with van der Waals surface area (Å²) in [6, 6.07) is 6.08. The van der Waals surface area contributed by atoms with Crippen LogP contribution in [-0.2, 0) is 19.7 Å². The fraction of sp³-hybridized carbons (Fsp3) is 0.556. The van der Waals surface area contributed by atoms with E-state index < -0.39 is 5.41 Å². The van der Waals surface area contributed by atoms with Crippen molar-refractivity contribution in [3.63, 3.8) is 0 Å². The van der Waals surface area contributed by atoms with Crippen molar-refractivity contribution < 1.29 is 14.3 Å². The molecule has 1 aromatic rings. The first kappa shape index (κ1) is 18.4. The molecular weight excluding hydrogens is 386 g/mol. The third-order valence-corrected chi connectivity index (χ3v) is 5.56. The van der Waals surface area contributed by atoms with Crippen LogP contribution in [0.1, 0.15) is 19.4 Å². The Bertz CT molecular complexity index is 696. The Morgan fingerprint density at radius 1 is 1.44 bits per heavy atom. The van der Waals surface area contributed by atoms with Crippen LogP contribution in [0.25, 0.3) is 0 Å². The average molecular weight is 410 g/mol. The predicted molar refractivity (Wildman–Crippen MR) is 99.8 cm³/mol. The number of rotatable bonds is 3. The van der Waals surface area contributed by atoms with Gasteiger partial charge in [-0.3, -0.25) is 14.5 Å². The minimum atomic E-state index is -0.836. The third-order valence-electron chi connectivity index (χ3n) is 5.07. The number of nitrogens with one attached hydrogen (secondary N) is 1. The maximum atomic E-state index is 13.0. The second-order valence-corrected chi connectivity index (χ2v) is 7.97. The van der Waals surface area contributed by atoms with Gasteiger partial charge in [0.1, 0.15) is 5.41 Å². The number of fused-ring (bicyclic) bond motifs is 1. The third kappa shape index (κ3) is 3.45. The fourth-order valence-electron chi connectivity index (χ4n) is 3.74. The Kier molecular flexibility index (Phi) is 5.18. The molecule has 0 bridgehead atoms.